The highest BCUT2D eigenvalue weighted by Crippen LogP contribution is 2.32. The van der Waals surface area contributed by atoms with Crippen LogP contribution in [-0.2, 0) is 10.0 Å². The van der Waals surface area contributed by atoms with E-state index in [9.17, 15) is 8.42 Å². The number of hydrogen-bond acceptors (Lipinski definition) is 4. The van der Waals surface area contributed by atoms with Crippen molar-refractivity contribution in [2.24, 2.45) is 5.73 Å². The lowest BCUT2D eigenvalue weighted by Crippen LogP contribution is -2.42. The summed E-state index contributed by atoms with van der Waals surface area (Å²) in [6.07, 6.45) is 1.51. The number of thiophene rings is 1. The Morgan fingerprint density at radius 2 is 2.29 bits per heavy atom. The zero-order valence-electron chi connectivity index (χ0n) is 8.80. The van der Waals surface area contributed by atoms with Crippen molar-refractivity contribution in [1.82, 2.24) is 4.31 Å². The van der Waals surface area contributed by atoms with E-state index >= 15 is 0 Å². The van der Waals surface area contributed by atoms with Crippen molar-refractivity contribution in [2.75, 3.05) is 6.54 Å². The maximum absolute atomic E-state index is 12.4. The van der Waals surface area contributed by atoms with Crippen molar-refractivity contribution in [3.05, 3.63) is 15.9 Å². The normalized spacial score (nSPS) is 21.8. The molecule has 1 aromatic heterocycles. The van der Waals surface area contributed by atoms with Crippen molar-refractivity contribution in [1.29, 1.82) is 0 Å². The average Bonchev–Trinajstić information content (AvgIpc) is 2.84. The summed E-state index contributed by atoms with van der Waals surface area (Å²) in [4.78, 5) is 0.252. The summed E-state index contributed by atoms with van der Waals surface area (Å²) in [5, 5.41) is 0. The third-order valence-corrected chi connectivity index (χ3v) is 6.91. The molecule has 4 nitrogen and oxygen atoms in total. The van der Waals surface area contributed by atoms with Crippen LogP contribution in [0.2, 0.25) is 0 Å². The SMILES string of the molecule is NC(=S)C1CCCN1S(=O)(=O)c1ccc(Br)s1. The van der Waals surface area contributed by atoms with Gasteiger partial charge in [-0.25, -0.2) is 8.42 Å². The quantitative estimate of drug-likeness (QED) is 0.842. The van der Waals surface area contributed by atoms with E-state index in [1.165, 1.54) is 15.6 Å². The summed E-state index contributed by atoms with van der Waals surface area (Å²) in [5.74, 6) is 0. The van der Waals surface area contributed by atoms with Gasteiger partial charge in [0, 0.05) is 6.54 Å². The molecular formula is C9H11BrN2O2S3. The van der Waals surface area contributed by atoms with Gasteiger partial charge in [0.05, 0.1) is 14.8 Å². The van der Waals surface area contributed by atoms with Gasteiger partial charge in [0.15, 0.2) is 0 Å². The molecule has 0 aromatic carbocycles. The minimum absolute atomic E-state index is 0.252. The second-order valence-electron chi connectivity index (χ2n) is 3.73. The molecule has 1 fully saturated rings. The molecule has 0 bridgehead atoms. The lowest BCUT2D eigenvalue weighted by molar-refractivity contribution is 0.448. The predicted molar refractivity (Wildman–Crippen MR) is 75.7 cm³/mol. The van der Waals surface area contributed by atoms with Crippen LogP contribution in [0, 0.1) is 0 Å². The summed E-state index contributed by atoms with van der Waals surface area (Å²) < 4.78 is 27.3. The highest BCUT2D eigenvalue weighted by atomic mass is 79.9. The van der Waals surface area contributed by atoms with Gasteiger partial charge < -0.3 is 5.73 Å². The molecule has 8 heteroatoms. The molecule has 1 atom stereocenters. The number of nitrogens with zero attached hydrogens (tertiary/aromatic N) is 1. The summed E-state index contributed by atoms with van der Waals surface area (Å²) in [5.41, 5.74) is 5.59. The molecule has 1 aromatic rings. The zero-order chi connectivity index (χ0) is 12.6. The molecule has 0 radical (unpaired) electrons. The van der Waals surface area contributed by atoms with Crippen LogP contribution in [-0.4, -0.2) is 30.3 Å². The van der Waals surface area contributed by atoms with E-state index in [0.29, 0.717) is 17.2 Å². The first kappa shape index (κ1) is 13.4. The molecule has 1 aliphatic rings. The van der Waals surface area contributed by atoms with Crippen LogP contribution < -0.4 is 5.73 Å². The smallest absolute Gasteiger partial charge is 0.253 e. The van der Waals surface area contributed by atoms with Crippen molar-refractivity contribution >= 4 is 54.5 Å². The summed E-state index contributed by atoms with van der Waals surface area (Å²) in [7, 11) is -3.46. The summed E-state index contributed by atoms with van der Waals surface area (Å²) in [6.45, 7) is 0.486. The Bertz CT molecular complexity index is 540. The third kappa shape index (κ3) is 2.55. The van der Waals surface area contributed by atoms with E-state index in [4.69, 9.17) is 18.0 Å². The highest BCUT2D eigenvalue weighted by Gasteiger charge is 2.37. The minimum Gasteiger partial charge on any atom is -0.392 e. The van der Waals surface area contributed by atoms with Crippen LogP contribution in [0.4, 0.5) is 0 Å². The predicted octanol–water partition coefficient (Wildman–Crippen LogP) is 1.95. The van der Waals surface area contributed by atoms with Crippen LogP contribution in [0.3, 0.4) is 0 Å². The monoisotopic (exact) mass is 354 g/mol. The average molecular weight is 355 g/mol. The van der Waals surface area contributed by atoms with Gasteiger partial charge >= 0.3 is 0 Å². The molecule has 94 valence electrons. The van der Waals surface area contributed by atoms with Gasteiger partial charge in [0.25, 0.3) is 10.0 Å². The summed E-state index contributed by atoms with van der Waals surface area (Å²) in [6, 6.07) is 2.98. The molecule has 0 saturated carbocycles. The number of nitrogens with two attached hydrogens (primary N) is 1. The Kier molecular flexibility index (Phi) is 3.89. The van der Waals surface area contributed by atoms with E-state index in [1.54, 1.807) is 12.1 Å². The fourth-order valence-corrected chi connectivity index (χ4v) is 5.99. The van der Waals surface area contributed by atoms with E-state index in [2.05, 4.69) is 15.9 Å². The number of rotatable bonds is 3. The van der Waals surface area contributed by atoms with Gasteiger partial charge in [0.2, 0.25) is 0 Å². The molecule has 1 aliphatic heterocycles. The number of sulfonamides is 1. The molecule has 0 spiro atoms. The molecule has 0 amide bonds. The van der Waals surface area contributed by atoms with Gasteiger partial charge in [-0.15, -0.1) is 11.3 Å². The van der Waals surface area contributed by atoms with Gasteiger partial charge in [-0.1, -0.05) is 12.2 Å². The molecule has 0 aliphatic carbocycles. The van der Waals surface area contributed by atoms with Crippen LogP contribution in [0.5, 0.6) is 0 Å². The molecule has 1 saturated heterocycles. The molecule has 2 heterocycles. The fraction of sp³-hybridized carbons (Fsp3) is 0.444. The summed E-state index contributed by atoms with van der Waals surface area (Å²) >= 11 is 9.38. The third-order valence-electron chi connectivity index (χ3n) is 2.64. The van der Waals surface area contributed by atoms with Crippen molar-refractivity contribution in [3.63, 3.8) is 0 Å². The molecule has 1 unspecified atom stereocenters. The van der Waals surface area contributed by atoms with Crippen LogP contribution in [0.1, 0.15) is 12.8 Å². The second kappa shape index (κ2) is 4.93. The Morgan fingerprint density at radius 3 is 2.82 bits per heavy atom. The standard InChI is InChI=1S/C9H11BrN2O2S3/c10-7-3-4-8(16-7)17(13,14)12-5-1-2-6(12)9(11)15/h3-4,6H,1-2,5H2,(H2,11,15). The van der Waals surface area contributed by atoms with E-state index < -0.39 is 10.0 Å². The second-order valence-corrected chi connectivity index (χ2v) is 8.79. The number of halogens is 1. The molecular weight excluding hydrogens is 344 g/mol. The first-order valence-electron chi connectivity index (χ1n) is 4.99. The Morgan fingerprint density at radius 1 is 1.59 bits per heavy atom. The number of thiocarbonyl (C=S) groups is 1. The first-order valence-corrected chi connectivity index (χ1v) is 8.45. The highest BCUT2D eigenvalue weighted by molar-refractivity contribution is 9.11. The topological polar surface area (TPSA) is 63.4 Å². The first-order chi connectivity index (χ1) is 7.93. The van der Waals surface area contributed by atoms with Crippen molar-refractivity contribution in [3.8, 4) is 0 Å². The fourth-order valence-electron chi connectivity index (χ4n) is 1.86. The lowest BCUT2D eigenvalue weighted by Gasteiger charge is -2.22. The van der Waals surface area contributed by atoms with E-state index in [0.717, 1.165) is 10.2 Å². The molecule has 2 rings (SSSR count). The van der Waals surface area contributed by atoms with E-state index in [1.807, 2.05) is 0 Å². The van der Waals surface area contributed by atoms with Gasteiger partial charge in [-0.3, -0.25) is 0 Å². The lowest BCUT2D eigenvalue weighted by atomic mass is 10.2. The van der Waals surface area contributed by atoms with Crippen molar-refractivity contribution < 1.29 is 8.42 Å². The molecule has 2 N–H and O–H groups in total. The van der Waals surface area contributed by atoms with Crippen molar-refractivity contribution in [2.45, 2.75) is 23.1 Å². The van der Waals surface area contributed by atoms with Crippen LogP contribution in [0.15, 0.2) is 20.1 Å². The van der Waals surface area contributed by atoms with Crippen LogP contribution >= 0.6 is 39.5 Å². The Balaban J connectivity index is 2.36. The van der Waals surface area contributed by atoms with Gasteiger partial charge in [0.1, 0.15) is 4.21 Å². The molecule has 17 heavy (non-hydrogen) atoms. The van der Waals surface area contributed by atoms with E-state index in [-0.39, 0.29) is 11.0 Å². The van der Waals surface area contributed by atoms with Gasteiger partial charge in [-0.05, 0) is 40.9 Å². The Hall–Kier alpha value is -0.0200. The maximum Gasteiger partial charge on any atom is 0.253 e. The largest absolute Gasteiger partial charge is 0.392 e. The van der Waals surface area contributed by atoms with Gasteiger partial charge in [-0.2, -0.15) is 4.31 Å². The minimum atomic E-state index is -3.46. The Labute approximate surface area is 118 Å². The zero-order valence-corrected chi connectivity index (χ0v) is 12.8. The number of hydrogen-bond donors (Lipinski definition) is 1. The van der Waals surface area contributed by atoms with Crippen LogP contribution in [0.25, 0.3) is 0 Å². The maximum atomic E-state index is 12.4.